The first-order valence-electron chi connectivity index (χ1n) is 14.3. The van der Waals surface area contributed by atoms with Crippen molar-refractivity contribution in [1.82, 2.24) is 4.90 Å². The standard InChI is InChI=1S/C29H47F3N2O7SSi/c1-18(2)22(26(36)29(30,31)32)14-25(35)24-13-21(42(38,39)17-19-9-11-20(40-6)12-10-19)15-34(24)27(37)23(33)16-41-43(7,8)28(3,4)5/h9-12,18,21-24,26,36H,13-17,33H2,1-8H3/t21-,22+,23+,24+,26+/m1/s1. The van der Waals surface area contributed by atoms with Crippen molar-refractivity contribution in [3.63, 3.8) is 0 Å². The van der Waals surface area contributed by atoms with Gasteiger partial charge in [-0.15, -0.1) is 0 Å². The van der Waals surface area contributed by atoms with Gasteiger partial charge in [0, 0.05) is 18.9 Å². The van der Waals surface area contributed by atoms with Crippen molar-refractivity contribution in [3.05, 3.63) is 29.8 Å². The average Bonchev–Trinajstić information content (AvgIpc) is 3.35. The minimum Gasteiger partial charge on any atom is -0.497 e. The zero-order chi connectivity index (χ0) is 33.1. The number of Topliss-reactive ketones (excluding diaryl/α,β-unsaturated/α-hetero) is 1. The lowest BCUT2D eigenvalue weighted by Gasteiger charge is -2.37. The second-order valence-corrected chi connectivity index (χ2v) is 20.4. The summed E-state index contributed by atoms with van der Waals surface area (Å²) in [5.74, 6) is -3.49. The van der Waals surface area contributed by atoms with Crippen LogP contribution in [0.15, 0.2) is 24.3 Å². The number of nitrogens with two attached hydrogens (primary N) is 1. The zero-order valence-corrected chi connectivity index (χ0v) is 28.1. The molecule has 0 saturated carbocycles. The van der Waals surface area contributed by atoms with Gasteiger partial charge in [-0.3, -0.25) is 9.59 Å². The van der Waals surface area contributed by atoms with Crippen LogP contribution in [0.5, 0.6) is 5.75 Å². The van der Waals surface area contributed by atoms with E-state index in [4.69, 9.17) is 14.9 Å². The monoisotopic (exact) mass is 652 g/mol. The Balaban J connectivity index is 2.36. The smallest absolute Gasteiger partial charge is 0.414 e. The molecule has 1 amide bonds. The third-order valence-electron chi connectivity index (χ3n) is 8.73. The van der Waals surface area contributed by atoms with Crippen molar-refractivity contribution in [2.24, 2.45) is 17.6 Å². The molecule has 1 heterocycles. The van der Waals surface area contributed by atoms with Crippen molar-refractivity contribution >= 4 is 29.8 Å². The number of halogens is 3. The molecular formula is C29H47F3N2O7SSi. The van der Waals surface area contributed by atoms with Gasteiger partial charge < -0.3 is 24.9 Å². The molecule has 0 spiro atoms. The van der Waals surface area contributed by atoms with Gasteiger partial charge in [-0.2, -0.15) is 13.2 Å². The molecule has 0 unspecified atom stereocenters. The molecule has 246 valence electrons. The number of hydrogen-bond acceptors (Lipinski definition) is 8. The van der Waals surface area contributed by atoms with E-state index in [-0.39, 0.29) is 30.4 Å². The van der Waals surface area contributed by atoms with Crippen LogP contribution in [0.1, 0.15) is 53.0 Å². The Morgan fingerprint density at radius 1 is 1.14 bits per heavy atom. The van der Waals surface area contributed by atoms with Crippen molar-refractivity contribution in [2.45, 2.75) is 101 Å². The van der Waals surface area contributed by atoms with E-state index in [2.05, 4.69) is 0 Å². The second-order valence-electron chi connectivity index (χ2n) is 13.3. The van der Waals surface area contributed by atoms with Gasteiger partial charge in [0.1, 0.15) is 11.8 Å². The van der Waals surface area contributed by atoms with E-state index in [1.807, 2.05) is 33.9 Å². The number of hydrogen-bond donors (Lipinski definition) is 2. The largest absolute Gasteiger partial charge is 0.497 e. The summed E-state index contributed by atoms with van der Waals surface area (Å²) in [5, 5.41) is 8.65. The predicted molar refractivity (Wildman–Crippen MR) is 161 cm³/mol. The van der Waals surface area contributed by atoms with Gasteiger partial charge in [0.05, 0.1) is 30.8 Å². The molecule has 0 aromatic heterocycles. The molecular weight excluding hydrogens is 605 g/mol. The quantitative estimate of drug-likeness (QED) is 0.305. The number of aliphatic hydroxyl groups excluding tert-OH is 1. The van der Waals surface area contributed by atoms with Crippen LogP contribution in [0, 0.1) is 11.8 Å². The highest BCUT2D eigenvalue weighted by molar-refractivity contribution is 7.91. The van der Waals surface area contributed by atoms with Crippen LogP contribution < -0.4 is 10.5 Å². The second kappa shape index (κ2) is 14.0. The fraction of sp³-hybridized carbons (Fsp3) is 0.724. The van der Waals surface area contributed by atoms with Gasteiger partial charge in [0.2, 0.25) is 5.91 Å². The van der Waals surface area contributed by atoms with E-state index in [0.29, 0.717) is 11.3 Å². The maximum absolute atomic E-state index is 13.6. The average molecular weight is 653 g/mol. The summed E-state index contributed by atoms with van der Waals surface area (Å²) in [6.45, 7) is 12.4. The minimum absolute atomic E-state index is 0.155. The van der Waals surface area contributed by atoms with Crippen LogP contribution in [-0.4, -0.2) is 88.3 Å². The van der Waals surface area contributed by atoms with Gasteiger partial charge in [-0.05, 0) is 48.2 Å². The van der Waals surface area contributed by atoms with Crippen molar-refractivity contribution in [1.29, 1.82) is 0 Å². The SMILES string of the molecule is COc1ccc(CS(=O)(=O)[C@@H]2C[C@@H](C(=O)C[C@@H](C(C)C)[C@H](O)C(F)(F)F)N(C(=O)[C@@H](N)CO[Si](C)(C)C(C)(C)C)C2)cc1. The Morgan fingerprint density at radius 3 is 2.16 bits per heavy atom. The van der Waals surface area contributed by atoms with Crippen LogP contribution >= 0.6 is 0 Å². The Bertz CT molecular complexity index is 1220. The molecule has 0 bridgehead atoms. The summed E-state index contributed by atoms with van der Waals surface area (Å²) in [6, 6.07) is 3.88. The van der Waals surface area contributed by atoms with Gasteiger partial charge in [-0.1, -0.05) is 46.8 Å². The normalized spacial score (nSPS) is 20.7. The number of nitrogens with zero attached hydrogens (tertiary/aromatic N) is 1. The molecule has 0 radical (unpaired) electrons. The number of likely N-dealkylation sites (tertiary alicyclic amines) is 1. The van der Waals surface area contributed by atoms with Gasteiger partial charge in [-0.25, -0.2) is 8.42 Å². The fourth-order valence-electron chi connectivity index (χ4n) is 4.80. The number of carbonyl (C=O) groups is 2. The Hall–Kier alpha value is -2.00. The zero-order valence-electron chi connectivity index (χ0n) is 26.3. The van der Waals surface area contributed by atoms with Crippen LogP contribution in [0.4, 0.5) is 13.2 Å². The number of methoxy groups -OCH3 is 1. The highest BCUT2D eigenvalue weighted by Crippen LogP contribution is 2.37. The minimum atomic E-state index is -4.95. The molecule has 5 atom stereocenters. The summed E-state index contributed by atoms with van der Waals surface area (Å²) < 4.78 is 78.3. The number of alkyl halides is 3. The first-order valence-corrected chi connectivity index (χ1v) is 19.0. The van der Waals surface area contributed by atoms with Crippen LogP contribution in [-0.2, 0) is 29.6 Å². The molecule has 1 aromatic carbocycles. The molecule has 43 heavy (non-hydrogen) atoms. The van der Waals surface area contributed by atoms with Gasteiger partial charge >= 0.3 is 6.18 Å². The highest BCUT2D eigenvalue weighted by atomic mass is 32.2. The van der Waals surface area contributed by atoms with Crippen molar-refractivity contribution < 1.29 is 45.4 Å². The Kier molecular flexibility index (Phi) is 12.1. The van der Waals surface area contributed by atoms with Crippen LogP contribution in [0.25, 0.3) is 0 Å². The van der Waals surface area contributed by atoms with E-state index in [0.717, 1.165) is 4.90 Å². The van der Waals surface area contributed by atoms with Crippen LogP contribution in [0.2, 0.25) is 18.1 Å². The molecule has 14 heteroatoms. The van der Waals surface area contributed by atoms with E-state index in [9.17, 15) is 36.3 Å². The molecule has 0 aliphatic carbocycles. The van der Waals surface area contributed by atoms with E-state index in [1.54, 1.807) is 24.3 Å². The molecule has 2 rings (SSSR count). The molecule has 9 nitrogen and oxygen atoms in total. The number of amides is 1. The number of rotatable bonds is 13. The number of benzene rings is 1. The summed E-state index contributed by atoms with van der Waals surface area (Å²) in [6.07, 6.45) is -8.68. The van der Waals surface area contributed by atoms with E-state index in [1.165, 1.54) is 21.0 Å². The number of carbonyl (C=O) groups excluding carboxylic acids is 2. The lowest BCUT2D eigenvalue weighted by molar-refractivity contribution is -0.224. The van der Waals surface area contributed by atoms with E-state index >= 15 is 0 Å². The lowest BCUT2D eigenvalue weighted by Crippen LogP contribution is -2.53. The van der Waals surface area contributed by atoms with Crippen molar-refractivity contribution in [2.75, 3.05) is 20.3 Å². The summed E-state index contributed by atoms with van der Waals surface area (Å²) in [7, 11) is -4.74. The molecule has 1 fully saturated rings. The van der Waals surface area contributed by atoms with Crippen molar-refractivity contribution in [3.8, 4) is 5.75 Å². The maximum atomic E-state index is 13.6. The first-order chi connectivity index (χ1) is 19.5. The molecule has 1 aliphatic rings. The maximum Gasteiger partial charge on any atom is 0.414 e. The van der Waals surface area contributed by atoms with Crippen LogP contribution in [0.3, 0.4) is 0 Å². The van der Waals surface area contributed by atoms with Gasteiger partial charge in [0.15, 0.2) is 30.0 Å². The molecule has 1 saturated heterocycles. The Morgan fingerprint density at radius 2 is 1.70 bits per heavy atom. The molecule has 1 aromatic rings. The van der Waals surface area contributed by atoms with E-state index < -0.39 is 77.7 Å². The molecule has 1 aliphatic heterocycles. The number of sulfone groups is 1. The summed E-state index contributed by atoms with van der Waals surface area (Å²) in [5.41, 5.74) is 6.69. The third-order valence-corrected chi connectivity index (χ3v) is 15.3. The number of aliphatic hydroxyl groups is 1. The molecule has 3 N–H and O–H groups in total. The predicted octanol–water partition coefficient (Wildman–Crippen LogP) is 4.08. The topological polar surface area (TPSA) is 136 Å². The highest BCUT2D eigenvalue weighted by Gasteiger charge is 2.49. The fourth-order valence-corrected chi connectivity index (χ4v) is 7.59. The summed E-state index contributed by atoms with van der Waals surface area (Å²) >= 11 is 0. The first kappa shape index (κ1) is 37.2. The lowest BCUT2D eigenvalue weighted by atomic mass is 9.84. The third kappa shape index (κ3) is 9.49. The summed E-state index contributed by atoms with van der Waals surface area (Å²) in [4.78, 5) is 28.2. The Labute approximate surface area is 254 Å². The number of ether oxygens (including phenoxy) is 1. The van der Waals surface area contributed by atoms with Gasteiger partial charge in [0.25, 0.3) is 0 Å². The number of ketones is 1.